The van der Waals surface area contributed by atoms with Crippen LogP contribution in [0.3, 0.4) is 0 Å². The molecule has 0 aliphatic carbocycles. The highest BCUT2D eigenvalue weighted by Gasteiger charge is 2.13. The summed E-state index contributed by atoms with van der Waals surface area (Å²) in [6.45, 7) is 0.500. The first-order chi connectivity index (χ1) is 9.16. The molecular weight excluding hydrogens is 262 g/mol. The molecule has 4 heteroatoms. The van der Waals surface area contributed by atoms with E-state index in [2.05, 4.69) is 0 Å². The van der Waals surface area contributed by atoms with Gasteiger partial charge in [0.2, 0.25) is 5.91 Å². The molecule has 2 rings (SSSR count). The topological polar surface area (TPSA) is 52.3 Å². The number of primary amides is 1. The Morgan fingerprint density at radius 2 is 1.74 bits per heavy atom. The summed E-state index contributed by atoms with van der Waals surface area (Å²) in [6, 6.07) is 16.9. The number of carbonyl (C=O) groups is 1. The van der Waals surface area contributed by atoms with Crippen LogP contribution in [0.4, 0.5) is 0 Å². The van der Waals surface area contributed by atoms with Crippen molar-refractivity contribution in [2.24, 2.45) is 5.73 Å². The van der Waals surface area contributed by atoms with Gasteiger partial charge in [0.15, 0.2) is 0 Å². The lowest BCUT2D eigenvalue weighted by Gasteiger charge is -2.09. The third-order valence-electron chi connectivity index (χ3n) is 2.67. The second kappa shape index (κ2) is 6.25. The molecule has 0 bridgehead atoms. The lowest BCUT2D eigenvalue weighted by atomic mass is 10.1. The van der Waals surface area contributed by atoms with Crippen molar-refractivity contribution in [3.8, 4) is 5.75 Å². The van der Waals surface area contributed by atoms with Gasteiger partial charge in [0.25, 0.3) is 0 Å². The molecular formula is C15H14ClNO2. The van der Waals surface area contributed by atoms with Gasteiger partial charge in [-0.05, 0) is 23.3 Å². The summed E-state index contributed by atoms with van der Waals surface area (Å²) in [5.41, 5.74) is 6.90. The number of nitrogens with two attached hydrogens (primary N) is 1. The molecule has 0 spiro atoms. The minimum absolute atomic E-state index is 0.500. The van der Waals surface area contributed by atoms with Crippen LogP contribution < -0.4 is 10.5 Å². The number of hydrogen-bond donors (Lipinski definition) is 1. The van der Waals surface area contributed by atoms with Crippen LogP contribution in [0.2, 0.25) is 0 Å². The lowest BCUT2D eigenvalue weighted by molar-refractivity contribution is -0.117. The summed E-state index contributed by atoms with van der Waals surface area (Å²) in [6.07, 6.45) is 0. The van der Waals surface area contributed by atoms with Crippen molar-refractivity contribution in [3.05, 3.63) is 65.7 Å². The average Bonchev–Trinajstić information content (AvgIpc) is 2.46. The highest BCUT2D eigenvalue weighted by Crippen LogP contribution is 2.22. The molecule has 3 nitrogen and oxygen atoms in total. The van der Waals surface area contributed by atoms with Gasteiger partial charge in [-0.25, -0.2) is 0 Å². The Bertz CT molecular complexity index is 540. The lowest BCUT2D eigenvalue weighted by Crippen LogP contribution is -2.16. The molecule has 1 amide bonds. The number of amides is 1. The minimum atomic E-state index is -0.803. The third kappa shape index (κ3) is 3.73. The molecule has 0 heterocycles. The van der Waals surface area contributed by atoms with Crippen LogP contribution in [0.1, 0.15) is 16.5 Å². The second-order valence-corrected chi connectivity index (χ2v) is 4.54. The van der Waals surface area contributed by atoms with Gasteiger partial charge in [-0.15, -0.1) is 11.6 Å². The average molecular weight is 276 g/mol. The molecule has 0 aromatic heterocycles. The zero-order chi connectivity index (χ0) is 13.7. The zero-order valence-electron chi connectivity index (χ0n) is 10.3. The van der Waals surface area contributed by atoms with E-state index in [1.807, 2.05) is 30.3 Å². The predicted molar refractivity (Wildman–Crippen MR) is 75.0 cm³/mol. The molecule has 0 saturated carbocycles. The number of rotatable bonds is 5. The van der Waals surface area contributed by atoms with E-state index in [-0.39, 0.29) is 0 Å². The summed E-state index contributed by atoms with van der Waals surface area (Å²) in [4.78, 5) is 11.0. The number of carbonyl (C=O) groups excluding carboxylic acids is 1. The SMILES string of the molecule is NC(=O)C(Cl)c1ccc(OCc2ccccc2)cc1. The first kappa shape index (κ1) is 13.4. The normalized spacial score (nSPS) is 11.8. The van der Waals surface area contributed by atoms with Crippen LogP contribution >= 0.6 is 11.6 Å². The second-order valence-electron chi connectivity index (χ2n) is 4.11. The molecule has 2 aromatic rings. The Labute approximate surface area is 117 Å². The maximum Gasteiger partial charge on any atom is 0.240 e. The van der Waals surface area contributed by atoms with E-state index < -0.39 is 11.3 Å². The monoisotopic (exact) mass is 275 g/mol. The van der Waals surface area contributed by atoms with E-state index in [0.717, 1.165) is 11.3 Å². The fourth-order valence-electron chi connectivity index (χ4n) is 1.64. The summed E-state index contributed by atoms with van der Waals surface area (Å²) < 4.78 is 5.63. The molecule has 2 N–H and O–H groups in total. The summed E-state index contributed by atoms with van der Waals surface area (Å²) in [7, 11) is 0. The fourth-order valence-corrected chi connectivity index (χ4v) is 1.78. The van der Waals surface area contributed by atoms with E-state index in [4.69, 9.17) is 22.1 Å². The van der Waals surface area contributed by atoms with Gasteiger partial charge in [0.05, 0.1) is 0 Å². The molecule has 0 aliphatic rings. The van der Waals surface area contributed by atoms with E-state index in [1.165, 1.54) is 0 Å². The number of halogens is 1. The van der Waals surface area contributed by atoms with Crippen molar-refractivity contribution in [2.45, 2.75) is 12.0 Å². The largest absolute Gasteiger partial charge is 0.489 e. The molecule has 0 saturated heterocycles. The molecule has 1 atom stereocenters. The fraction of sp³-hybridized carbons (Fsp3) is 0.133. The van der Waals surface area contributed by atoms with E-state index >= 15 is 0 Å². The van der Waals surface area contributed by atoms with E-state index in [0.29, 0.717) is 12.2 Å². The van der Waals surface area contributed by atoms with Crippen LogP contribution in [0.5, 0.6) is 5.75 Å². The Morgan fingerprint density at radius 1 is 1.11 bits per heavy atom. The number of benzene rings is 2. The van der Waals surface area contributed by atoms with Crippen molar-refractivity contribution in [1.82, 2.24) is 0 Å². The number of ether oxygens (including phenoxy) is 1. The Balaban J connectivity index is 1.97. The number of hydrogen-bond acceptors (Lipinski definition) is 2. The molecule has 0 radical (unpaired) electrons. The van der Waals surface area contributed by atoms with Gasteiger partial charge in [0.1, 0.15) is 17.7 Å². The maximum atomic E-state index is 11.0. The maximum absolute atomic E-state index is 11.0. The highest BCUT2D eigenvalue weighted by molar-refractivity contribution is 6.30. The quantitative estimate of drug-likeness (QED) is 0.853. The predicted octanol–water partition coefficient (Wildman–Crippen LogP) is 3.03. The molecule has 1 unspecified atom stereocenters. The van der Waals surface area contributed by atoms with E-state index in [1.54, 1.807) is 24.3 Å². The third-order valence-corrected chi connectivity index (χ3v) is 3.14. The van der Waals surface area contributed by atoms with Gasteiger partial charge in [-0.2, -0.15) is 0 Å². The first-order valence-electron chi connectivity index (χ1n) is 5.87. The molecule has 98 valence electrons. The van der Waals surface area contributed by atoms with Crippen molar-refractivity contribution >= 4 is 17.5 Å². The molecule has 0 fully saturated rings. The summed E-state index contributed by atoms with van der Waals surface area (Å²) >= 11 is 5.85. The Hall–Kier alpha value is -2.00. The summed E-state index contributed by atoms with van der Waals surface area (Å²) in [5.74, 6) is 0.167. The van der Waals surface area contributed by atoms with Gasteiger partial charge >= 0.3 is 0 Å². The minimum Gasteiger partial charge on any atom is -0.489 e. The van der Waals surface area contributed by atoms with Crippen molar-refractivity contribution in [1.29, 1.82) is 0 Å². The van der Waals surface area contributed by atoms with Crippen molar-refractivity contribution < 1.29 is 9.53 Å². The molecule has 19 heavy (non-hydrogen) atoms. The highest BCUT2D eigenvalue weighted by atomic mass is 35.5. The first-order valence-corrected chi connectivity index (χ1v) is 6.30. The van der Waals surface area contributed by atoms with Crippen molar-refractivity contribution in [3.63, 3.8) is 0 Å². The van der Waals surface area contributed by atoms with Crippen LogP contribution in [0, 0.1) is 0 Å². The van der Waals surface area contributed by atoms with Crippen LogP contribution in [-0.2, 0) is 11.4 Å². The van der Waals surface area contributed by atoms with Gasteiger partial charge in [-0.1, -0.05) is 42.5 Å². The zero-order valence-corrected chi connectivity index (χ0v) is 11.0. The van der Waals surface area contributed by atoms with Gasteiger partial charge in [0, 0.05) is 0 Å². The smallest absolute Gasteiger partial charge is 0.240 e. The standard InChI is InChI=1S/C15H14ClNO2/c16-14(15(17)18)12-6-8-13(9-7-12)19-10-11-4-2-1-3-5-11/h1-9,14H,10H2,(H2,17,18). The number of alkyl halides is 1. The van der Waals surface area contributed by atoms with Gasteiger partial charge in [-0.3, -0.25) is 4.79 Å². The summed E-state index contributed by atoms with van der Waals surface area (Å²) in [5, 5.41) is -0.803. The Morgan fingerprint density at radius 3 is 2.32 bits per heavy atom. The van der Waals surface area contributed by atoms with Crippen LogP contribution in [0.15, 0.2) is 54.6 Å². The molecule has 2 aromatic carbocycles. The van der Waals surface area contributed by atoms with Crippen LogP contribution in [0.25, 0.3) is 0 Å². The van der Waals surface area contributed by atoms with E-state index in [9.17, 15) is 4.79 Å². The van der Waals surface area contributed by atoms with Crippen molar-refractivity contribution in [2.75, 3.05) is 0 Å². The molecule has 0 aliphatic heterocycles. The van der Waals surface area contributed by atoms with Gasteiger partial charge < -0.3 is 10.5 Å². The Kier molecular flexibility index (Phi) is 4.42. The van der Waals surface area contributed by atoms with Crippen LogP contribution in [-0.4, -0.2) is 5.91 Å².